The maximum Gasteiger partial charge on any atom is 0.337 e. The zero-order valence-electron chi connectivity index (χ0n) is 19.0. The van der Waals surface area contributed by atoms with E-state index < -0.39 is 17.3 Å². The van der Waals surface area contributed by atoms with Crippen LogP contribution in [0.5, 0.6) is 0 Å². The molecular weight excluding hydrogens is 398 g/mol. The number of fused-ring (bicyclic) bond motifs is 1. The second-order valence-electron chi connectivity index (χ2n) is 9.59. The van der Waals surface area contributed by atoms with Gasteiger partial charge in [-0.15, -0.1) is 10.2 Å². The van der Waals surface area contributed by atoms with Gasteiger partial charge in [-0.3, -0.25) is 4.57 Å². The lowest BCUT2D eigenvalue weighted by Crippen LogP contribution is -2.49. The van der Waals surface area contributed by atoms with Crippen molar-refractivity contribution in [1.82, 2.24) is 34.7 Å². The zero-order valence-corrected chi connectivity index (χ0v) is 19.0. The van der Waals surface area contributed by atoms with Gasteiger partial charge in [0.25, 0.3) is 0 Å². The van der Waals surface area contributed by atoms with Crippen molar-refractivity contribution in [3.05, 3.63) is 40.6 Å². The number of para-hydroxylation sites is 2. The zero-order chi connectivity index (χ0) is 23.0. The van der Waals surface area contributed by atoms with Crippen molar-refractivity contribution in [2.45, 2.75) is 65.6 Å². The largest absolute Gasteiger partial charge is 0.390 e. The Labute approximate surface area is 180 Å². The Balaban J connectivity index is 1.95. The molecule has 0 fully saturated rings. The third-order valence-electron chi connectivity index (χ3n) is 5.27. The van der Waals surface area contributed by atoms with Crippen LogP contribution in [-0.4, -0.2) is 52.1 Å². The number of aromatic nitrogens is 6. The Morgan fingerprint density at radius 2 is 1.81 bits per heavy atom. The van der Waals surface area contributed by atoms with Crippen LogP contribution in [0.2, 0.25) is 0 Å². The van der Waals surface area contributed by atoms with Crippen LogP contribution < -0.4 is 11.0 Å². The van der Waals surface area contributed by atoms with Crippen LogP contribution in [-0.2, 0) is 20.0 Å². The van der Waals surface area contributed by atoms with Gasteiger partial charge in [0.2, 0.25) is 0 Å². The summed E-state index contributed by atoms with van der Waals surface area (Å²) in [7, 11) is 1.68. The number of aryl methyl sites for hydroxylation is 2. The molecule has 10 nitrogen and oxygen atoms in total. The molecule has 2 heterocycles. The number of nitrogens with one attached hydrogen (secondary N) is 1. The Bertz CT molecular complexity index is 1130. The Morgan fingerprint density at radius 3 is 2.35 bits per heavy atom. The predicted octanol–water partition coefficient (Wildman–Crippen LogP) is 1.70. The van der Waals surface area contributed by atoms with Crippen molar-refractivity contribution in [3.8, 4) is 0 Å². The van der Waals surface area contributed by atoms with Gasteiger partial charge in [-0.05, 0) is 43.0 Å². The summed E-state index contributed by atoms with van der Waals surface area (Å²) in [5, 5.41) is 25.2. The molecule has 0 radical (unpaired) electrons. The van der Waals surface area contributed by atoms with E-state index >= 15 is 0 Å². The molecule has 10 heteroatoms. The quantitative estimate of drug-likeness (QED) is 0.615. The lowest BCUT2D eigenvalue weighted by Gasteiger charge is -2.30. The number of rotatable bonds is 6. The number of amides is 1. The van der Waals surface area contributed by atoms with E-state index in [0.717, 1.165) is 4.57 Å². The number of aliphatic hydroxyl groups is 1. The van der Waals surface area contributed by atoms with Crippen molar-refractivity contribution in [3.63, 3.8) is 0 Å². The second kappa shape index (κ2) is 8.26. The Kier molecular flexibility index (Phi) is 6.04. The van der Waals surface area contributed by atoms with Gasteiger partial charge in [-0.25, -0.2) is 14.2 Å². The van der Waals surface area contributed by atoms with Crippen molar-refractivity contribution in [1.29, 1.82) is 0 Å². The van der Waals surface area contributed by atoms with Crippen LogP contribution in [0.4, 0.5) is 4.79 Å². The van der Waals surface area contributed by atoms with Crippen molar-refractivity contribution >= 4 is 17.1 Å². The van der Waals surface area contributed by atoms with E-state index in [2.05, 4.69) is 20.7 Å². The van der Waals surface area contributed by atoms with Crippen LogP contribution in [0.15, 0.2) is 29.1 Å². The van der Waals surface area contributed by atoms with Crippen molar-refractivity contribution in [2.24, 2.45) is 12.5 Å². The number of nitrogens with zero attached hydrogens (tertiary/aromatic N) is 6. The normalized spacial score (nSPS) is 13.5. The van der Waals surface area contributed by atoms with Crippen LogP contribution in [0.3, 0.4) is 0 Å². The first kappa shape index (κ1) is 22.7. The van der Waals surface area contributed by atoms with E-state index in [4.69, 9.17) is 0 Å². The lowest BCUT2D eigenvalue weighted by molar-refractivity contribution is 0.0663. The van der Waals surface area contributed by atoms with E-state index in [-0.39, 0.29) is 11.5 Å². The molecule has 0 spiro atoms. The second-order valence-corrected chi connectivity index (χ2v) is 9.59. The molecule has 0 saturated heterocycles. The van der Waals surface area contributed by atoms with Gasteiger partial charge in [0.05, 0.1) is 23.7 Å². The molecule has 0 bridgehead atoms. The van der Waals surface area contributed by atoms with Crippen LogP contribution >= 0.6 is 0 Å². The summed E-state index contributed by atoms with van der Waals surface area (Å²) in [6.45, 7) is 9.70. The Hall–Kier alpha value is -3.01. The third kappa shape index (κ3) is 5.19. The SMILES string of the molecule is Cn1nnc(C[C@@H](NC(=O)n2c(=O)n(CCC(C)(C)O)c3ccccc32)C(C)(C)C)n1. The van der Waals surface area contributed by atoms with E-state index in [1.165, 1.54) is 9.36 Å². The summed E-state index contributed by atoms with van der Waals surface area (Å²) in [6, 6.07) is 6.32. The van der Waals surface area contributed by atoms with Crippen LogP contribution in [0.1, 0.15) is 46.9 Å². The van der Waals surface area contributed by atoms with Crippen LogP contribution in [0, 0.1) is 5.41 Å². The van der Waals surface area contributed by atoms with Crippen molar-refractivity contribution < 1.29 is 9.90 Å². The first-order chi connectivity index (χ1) is 14.4. The number of imidazole rings is 1. The number of carbonyl (C=O) groups is 1. The highest BCUT2D eigenvalue weighted by atomic mass is 16.3. The average Bonchev–Trinajstić information content (AvgIpc) is 3.18. The number of tetrazole rings is 1. The van der Waals surface area contributed by atoms with E-state index in [1.54, 1.807) is 39.1 Å². The molecule has 1 atom stereocenters. The fraction of sp³-hybridized carbons (Fsp3) is 0.571. The minimum absolute atomic E-state index is 0.301. The molecule has 0 saturated carbocycles. The maximum absolute atomic E-state index is 13.3. The Morgan fingerprint density at radius 1 is 1.16 bits per heavy atom. The van der Waals surface area contributed by atoms with E-state index in [1.807, 2.05) is 26.8 Å². The molecule has 2 N–H and O–H groups in total. The fourth-order valence-electron chi connectivity index (χ4n) is 3.38. The number of hydrogen-bond acceptors (Lipinski definition) is 6. The topological polar surface area (TPSA) is 120 Å². The first-order valence-electron chi connectivity index (χ1n) is 10.3. The van der Waals surface area contributed by atoms with Crippen molar-refractivity contribution in [2.75, 3.05) is 0 Å². The van der Waals surface area contributed by atoms with E-state index in [9.17, 15) is 14.7 Å². The fourth-order valence-corrected chi connectivity index (χ4v) is 3.38. The molecule has 0 aliphatic heterocycles. The standard InChI is InChI=1S/C21H31N7O3/c1-20(2,3)16(13-17-23-25-26(6)24-17)22-18(29)28-15-10-8-7-9-14(15)27(19(28)30)12-11-21(4,5)31/h7-10,16,31H,11-13H2,1-6H3,(H,22,29)/t16-/m1/s1. The molecule has 2 aromatic heterocycles. The minimum atomic E-state index is -0.925. The highest BCUT2D eigenvalue weighted by Crippen LogP contribution is 2.22. The molecule has 3 aromatic rings. The number of benzene rings is 1. The summed E-state index contributed by atoms with van der Waals surface area (Å²) in [4.78, 5) is 27.8. The van der Waals surface area contributed by atoms with Gasteiger partial charge < -0.3 is 10.4 Å². The highest BCUT2D eigenvalue weighted by molar-refractivity contribution is 5.89. The molecule has 31 heavy (non-hydrogen) atoms. The molecule has 0 aliphatic rings. The van der Waals surface area contributed by atoms with Gasteiger partial charge in [0.15, 0.2) is 5.82 Å². The summed E-state index contributed by atoms with van der Waals surface area (Å²) < 4.78 is 2.69. The number of hydrogen-bond donors (Lipinski definition) is 2. The number of carbonyl (C=O) groups excluding carboxylic acids is 1. The molecule has 0 aliphatic carbocycles. The predicted molar refractivity (Wildman–Crippen MR) is 117 cm³/mol. The van der Waals surface area contributed by atoms with Crippen LogP contribution in [0.25, 0.3) is 11.0 Å². The summed E-state index contributed by atoms with van der Waals surface area (Å²) in [6.07, 6.45) is 0.765. The summed E-state index contributed by atoms with van der Waals surface area (Å²) >= 11 is 0. The third-order valence-corrected chi connectivity index (χ3v) is 5.27. The molecule has 3 rings (SSSR count). The molecular formula is C21H31N7O3. The van der Waals surface area contributed by atoms with Gasteiger partial charge >= 0.3 is 11.7 Å². The highest BCUT2D eigenvalue weighted by Gasteiger charge is 2.30. The maximum atomic E-state index is 13.3. The smallest absolute Gasteiger partial charge is 0.337 e. The molecule has 168 valence electrons. The minimum Gasteiger partial charge on any atom is -0.390 e. The first-order valence-corrected chi connectivity index (χ1v) is 10.3. The summed E-state index contributed by atoms with van der Waals surface area (Å²) in [5.41, 5.74) is -0.502. The van der Waals surface area contributed by atoms with Gasteiger partial charge in [-0.1, -0.05) is 32.9 Å². The molecule has 1 amide bonds. The summed E-state index contributed by atoms with van der Waals surface area (Å²) in [5.74, 6) is 0.516. The molecule has 1 aromatic carbocycles. The monoisotopic (exact) mass is 429 g/mol. The average molecular weight is 430 g/mol. The lowest BCUT2D eigenvalue weighted by atomic mass is 9.84. The van der Waals surface area contributed by atoms with Gasteiger partial charge in [0, 0.05) is 19.0 Å². The van der Waals surface area contributed by atoms with Gasteiger partial charge in [-0.2, -0.15) is 4.80 Å². The molecule has 0 unspecified atom stereocenters. The van der Waals surface area contributed by atoms with E-state index in [0.29, 0.717) is 36.2 Å². The van der Waals surface area contributed by atoms with Gasteiger partial charge in [0.1, 0.15) is 0 Å².